The SMILES string of the molecule is COC(=O)C1(C(C)(C)O)Cc2ccccc2C1. The molecule has 0 unspecified atom stereocenters. The molecule has 1 aromatic carbocycles. The van der Waals surface area contributed by atoms with Gasteiger partial charge in [0.15, 0.2) is 0 Å². The summed E-state index contributed by atoms with van der Waals surface area (Å²) in [6, 6.07) is 7.92. The maximum absolute atomic E-state index is 12.1. The molecule has 1 aromatic rings. The van der Waals surface area contributed by atoms with E-state index in [2.05, 4.69) is 0 Å². The maximum atomic E-state index is 12.1. The first-order chi connectivity index (χ1) is 7.90. The van der Waals surface area contributed by atoms with Crippen LogP contribution < -0.4 is 0 Å². The Morgan fingerprint density at radius 1 is 1.29 bits per heavy atom. The number of carbonyl (C=O) groups is 1. The van der Waals surface area contributed by atoms with Crippen molar-refractivity contribution < 1.29 is 14.6 Å². The summed E-state index contributed by atoms with van der Waals surface area (Å²) in [5, 5.41) is 10.3. The molecule has 0 aliphatic heterocycles. The number of esters is 1. The highest BCUT2D eigenvalue weighted by atomic mass is 16.5. The Kier molecular flexibility index (Phi) is 2.74. The monoisotopic (exact) mass is 234 g/mol. The summed E-state index contributed by atoms with van der Waals surface area (Å²) >= 11 is 0. The third-order valence-electron chi connectivity index (χ3n) is 3.85. The highest BCUT2D eigenvalue weighted by molar-refractivity contribution is 5.80. The third-order valence-corrected chi connectivity index (χ3v) is 3.85. The molecule has 0 fully saturated rings. The number of hydrogen-bond acceptors (Lipinski definition) is 3. The number of hydrogen-bond donors (Lipinski definition) is 1. The molecule has 0 heterocycles. The topological polar surface area (TPSA) is 46.5 Å². The molecule has 0 spiro atoms. The zero-order valence-corrected chi connectivity index (χ0v) is 10.5. The van der Waals surface area contributed by atoms with Crippen molar-refractivity contribution in [2.75, 3.05) is 7.11 Å². The minimum atomic E-state index is -1.10. The highest BCUT2D eigenvalue weighted by Crippen LogP contribution is 2.45. The number of ether oxygens (including phenoxy) is 1. The van der Waals surface area contributed by atoms with Gasteiger partial charge >= 0.3 is 5.97 Å². The average Bonchev–Trinajstić information content (AvgIpc) is 2.67. The molecular formula is C14H18O3. The minimum absolute atomic E-state index is 0.332. The Morgan fingerprint density at radius 3 is 2.12 bits per heavy atom. The first kappa shape index (κ1) is 12.1. The molecule has 1 N–H and O–H groups in total. The lowest BCUT2D eigenvalue weighted by Gasteiger charge is -2.37. The van der Waals surface area contributed by atoms with Crippen LogP contribution in [0.5, 0.6) is 0 Å². The summed E-state index contributed by atoms with van der Waals surface area (Å²) in [6.45, 7) is 3.35. The molecular weight excluding hydrogens is 216 g/mol. The second kappa shape index (κ2) is 3.84. The van der Waals surface area contributed by atoms with Crippen LogP contribution in [0.25, 0.3) is 0 Å². The van der Waals surface area contributed by atoms with E-state index in [1.165, 1.54) is 7.11 Å². The average molecular weight is 234 g/mol. The molecule has 0 saturated heterocycles. The Balaban J connectivity index is 2.46. The molecule has 17 heavy (non-hydrogen) atoms. The Hall–Kier alpha value is -1.35. The Labute approximate surface area is 101 Å². The number of aliphatic hydroxyl groups is 1. The lowest BCUT2D eigenvalue weighted by atomic mass is 9.71. The lowest BCUT2D eigenvalue weighted by Crippen LogP contribution is -2.50. The van der Waals surface area contributed by atoms with Crippen molar-refractivity contribution in [3.63, 3.8) is 0 Å². The van der Waals surface area contributed by atoms with Gasteiger partial charge < -0.3 is 9.84 Å². The smallest absolute Gasteiger partial charge is 0.315 e. The van der Waals surface area contributed by atoms with E-state index in [1.54, 1.807) is 13.8 Å². The van der Waals surface area contributed by atoms with E-state index < -0.39 is 11.0 Å². The molecule has 1 aliphatic carbocycles. The van der Waals surface area contributed by atoms with Gasteiger partial charge in [0.25, 0.3) is 0 Å². The summed E-state index contributed by atoms with van der Waals surface area (Å²) in [7, 11) is 1.37. The third kappa shape index (κ3) is 1.75. The van der Waals surface area contributed by atoms with Crippen LogP contribution >= 0.6 is 0 Å². The van der Waals surface area contributed by atoms with Gasteiger partial charge in [-0.2, -0.15) is 0 Å². The van der Waals surface area contributed by atoms with Crippen molar-refractivity contribution in [1.82, 2.24) is 0 Å². The molecule has 0 atom stereocenters. The van der Waals surface area contributed by atoms with E-state index >= 15 is 0 Å². The van der Waals surface area contributed by atoms with Gasteiger partial charge in [-0.3, -0.25) is 4.79 Å². The second-order valence-electron chi connectivity index (χ2n) is 5.25. The standard InChI is InChI=1S/C14H18O3/c1-13(2,16)14(12(15)17-3)8-10-6-4-5-7-11(10)9-14/h4-7,16H,8-9H2,1-3H3. The van der Waals surface area contributed by atoms with E-state index in [4.69, 9.17) is 4.74 Å². The normalized spacial score (nSPS) is 17.6. The summed E-state index contributed by atoms with van der Waals surface area (Å²) in [6.07, 6.45) is 1.08. The zero-order valence-electron chi connectivity index (χ0n) is 10.5. The lowest BCUT2D eigenvalue weighted by molar-refractivity contribution is -0.167. The molecule has 2 rings (SSSR count). The van der Waals surface area contributed by atoms with Gasteiger partial charge in [-0.15, -0.1) is 0 Å². The van der Waals surface area contributed by atoms with Crippen molar-refractivity contribution in [2.45, 2.75) is 32.3 Å². The summed E-state index contributed by atoms with van der Waals surface area (Å²) in [5.74, 6) is -0.332. The van der Waals surface area contributed by atoms with Crippen molar-refractivity contribution >= 4 is 5.97 Å². The maximum Gasteiger partial charge on any atom is 0.315 e. The van der Waals surface area contributed by atoms with E-state index in [0.717, 1.165) is 11.1 Å². The molecule has 1 aliphatic rings. The van der Waals surface area contributed by atoms with Gasteiger partial charge in [-0.05, 0) is 37.8 Å². The van der Waals surface area contributed by atoms with Gasteiger partial charge in [0.05, 0.1) is 12.7 Å². The van der Waals surface area contributed by atoms with E-state index in [1.807, 2.05) is 24.3 Å². The van der Waals surface area contributed by atoms with Crippen LogP contribution in [0, 0.1) is 5.41 Å². The first-order valence-electron chi connectivity index (χ1n) is 5.78. The molecule has 3 heteroatoms. The second-order valence-corrected chi connectivity index (χ2v) is 5.25. The van der Waals surface area contributed by atoms with Gasteiger partial charge in [-0.1, -0.05) is 24.3 Å². The number of fused-ring (bicyclic) bond motifs is 1. The molecule has 0 radical (unpaired) electrons. The predicted octanol–water partition coefficient (Wildman–Crippen LogP) is 1.72. The number of methoxy groups -OCH3 is 1. The van der Waals surface area contributed by atoms with Crippen LogP contribution in [0.1, 0.15) is 25.0 Å². The number of carbonyl (C=O) groups excluding carboxylic acids is 1. The predicted molar refractivity (Wildman–Crippen MR) is 64.6 cm³/mol. The Bertz CT molecular complexity index is 418. The molecule has 3 nitrogen and oxygen atoms in total. The van der Waals surface area contributed by atoms with Crippen LogP contribution in [-0.4, -0.2) is 23.8 Å². The van der Waals surface area contributed by atoms with Gasteiger partial charge in [-0.25, -0.2) is 0 Å². The zero-order chi connectivity index (χ0) is 12.7. The fourth-order valence-electron chi connectivity index (χ4n) is 2.64. The summed E-state index contributed by atoms with van der Waals surface area (Å²) < 4.78 is 4.90. The molecule has 0 bridgehead atoms. The largest absolute Gasteiger partial charge is 0.468 e. The van der Waals surface area contributed by atoms with E-state index in [9.17, 15) is 9.90 Å². The molecule has 92 valence electrons. The number of rotatable bonds is 2. The van der Waals surface area contributed by atoms with Crippen LogP contribution in [0.4, 0.5) is 0 Å². The van der Waals surface area contributed by atoms with E-state index in [-0.39, 0.29) is 5.97 Å². The van der Waals surface area contributed by atoms with Crippen LogP contribution in [-0.2, 0) is 22.4 Å². The number of benzene rings is 1. The van der Waals surface area contributed by atoms with Crippen LogP contribution in [0.2, 0.25) is 0 Å². The Morgan fingerprint density at radius 2 is 1.76 bits per heavy atom. The van der Waals surface area contributed by atoms with Crippen LogP contribution in [0.3, 0.4) is 0 Å². The fourth-order valence-corrected chi connectivity index (χ4v) is 2.64. The highest BCUT2D eigenvalue weighted by Gasteiger charge is 2.54. The summed E-state index contributed by atoms with van der Waals surface area (Å²) in [4.78, 5) is 12.1. The molecule has 0 saturated carbocycles. The van der Waals surface area contributed by atoms with Gasteiger partial charge in [0, 0.05) is 0 Å². The summed E-state index contributed by atoms with van der Waals surface area (Å²) in [5.41, 5.74) is 0.296. The molecule has 0 amide bonds. The first-order valence-corrected chi connectivity index (χ1v) is 5.78. The van der Waals surface area contributed by atoms with Gasteiger partial charge in [0.2, 0.25) is 0 Å². The van der Waals surface area contributed by atoms with Crippen molar-refractivity contribution in [2.24, 2.45) is 5.41 Å². The van der Waals surface area contributed by atoms with Gasteiger partial charge in [0.1, 0.15) is 5.41 Å². The van der Waals surface area contributed by atoms with E-state index in [0.29, 0.717) is 12.8 Å². The van der Waals surface area contributed by atoms with Crippen molar-refractivity contribution in [3.8, 4) is 0 Å². The fraction of sp³-hybridized carbons (Fsp3) is 0.500. The van der Waals surface area contributed by atoms with Crippen LogP contribution in [0.15, 0.2) is 24.3 Å². The van der Waals surface area contributed by atoms with Crippen molar-refractivity contribution in [3.05, 3.63) is 35.4 Å². The quantitative estimate of drug-likeness (QED) is 0.792. The van der Waals surface area contributed by atoms with Crippen molar-refractivity contribution in [1.29, 1.82) is 0 Å². The minimum Gasteiger partial charge on any atom is -0.468 e. The molecule has 0 aromatic heterocycles.